The number of thioether (sulfide) groups is 1. The number of carbonyl (C=O) groups is 1. The lowest BCUT2D eigenvalue weighted by atomic mass is 10.1. The van der Waals surface area contributed by atoms with Crippen molar-refractivity contribution in [3.05, 3.63) is 35.0 Å². The Kier molecular flexibility index (Phi) is 4.67. The van der Waals surface area contributed by atoms with Gasteiger partial charge in [-0.15, -0.1) is 11.8 Å². The Morgan fingerprint density at radius 1 is 1.40 bits per heavy atom. The van der Waals surface area contributed by atoms with Crippen LogP contribution < -0.4 is 11.1 Å². The fourth-order valence-electron chi connectivity index (χ4n) is 1.74. The molecular formula is C14H17N3OS2. The molecule has 0 radical (unpaired) electrons. The maximum atomic E-state index is 12.0. The van der Waals surface area contributed by atoms with Gasteiger partial charge in [-0.25, -0.2) is 4.98 Å². The maximum Gasteiger partial charge on any atom is 0.234 e. The third-order valence-electron chi connectivity index (χ3n) is 2.98. The molecule has 0 saturated carbocycles. The zero-order valence-corrected chi connectivity index (χ0v) is 13.3. The summed E-state index contributed by atoms with van der Waals surface area (Å²) >= 11 is 2.89. The molecule has 3 N–H and O–H groups in total. The summed E-state index contributed by atoms with van der Waals surface area (Å²) < 4.78 is 0.999. The highest BCUT2D eigenvalue weighted by Crippen LogP contribution is 2.30. The first kappa shape index (κ1) is 14.9. The number of nitrogens with one attached hydrogen (secondary N) is 1. The molecule has 0 atom stereocenters. The summed E-state index contributed by atoms with van der Waals surface area (Å²) in [4.78, 5) is 16.1. The summed E-state index contributed by atoms with van der Waals surface area (Å²) in [7, 11) is 0. The zero-order chi connectivity index (χ0) is 14.7. The molecule has 0 aliphatic heterocycles. The van der Waals surface area contributed by atoms with E-state index in [4.69, 9.17) is 5.73 Å². The first-order chi connectivity index (χ1) is 9.47. The van der Waals surface area contributed by atoms with Crippen molar-refractivity contribution in [1.82, 2.24) is 4.98 Å². The van der Waals surface area contributed by atoms with E-state index in [9.17, 15) is 4.79 Å². The minimum Gasteiger partial charge on any atom is -0.375 e. The predicted molar refractivity (Wildman–Crippen MR) is 86.5 cm³/mol. The van der Waals surface area contributed by atoms with E-state index < -0.39 is 0 Å². The predicted octanol–water partition coefficient (Wildman–Crippen LogP) is 3.38. The van der Waals surface area contributed by atoms with Gasteiger partial charge in [0.15, 0.2) is 5.13 Å². The Morgan fingerprint density at radius 2 is 2.15 bits per heavy atom. The van der Waals surface area contributed by atoms with Gasteiger partial charge in [0.05, 0.1) is 15.7 Å². The van der Waals surface area contributed by atoms with Gasteiger partial charge in [-0.3, -0.25) is 4.79 Å². The molecule has 1 amide bonds. The molecule has 1 aromatic carbocycles. The summed E-state index contributed by atoms with van der Waals surface area (Å²) in [5.41, 5.74) is 9.67. The minimum atomic E-state index is -0.0185. The molecule has 2 aromatic rings. The van der Waals surface area contributed by atoms with Crippen LogP contribution in [0.4, 0.5) is 10.8 Å². The van der Waals surface area contributed by atoms with Crippen LogP contribution in [-0.2, 0) is 4.79 Å². The molecule has 106 valence electrons. The Balaban J connectivity index is 1.96. The molecule has 1 aromatic heterocycles. The summed E-state index contributed by atoms with van der Waals surface area (Å²) in [6.07, 6.45) is 0. The monoisotopic (exact) mass is 307 g/mol. The molecule has 0 saturated heterocycles. The topological polar surface area (TPSA) is 68.0 Å². The van der Waals surface area contributed by atoms with Crippen LogP contribution in [0.3, 0.4) is 0 Å². The SMILES string of the molecule is Cc1cccc(NC(=O)CSc2sc(N)nc2C)c1C. The molecule has 0 spiro atoms. The van der Waals surface area contributed by atoms with Gasteiger partial charge in [-0.05, 0) is 38.0 Å². The highest BCUT2D eigenvalue weighted by molar-refractivity contribution is 8.01. The van der Waals surface area contributed by atoms with E-state index in [1.807, 2.05) is 39.0 Å². The van der Waals surface area contributed by atoms with Gasteiger partial charge in [-0.2, -0.15) is 0 Å². The van der Waals surface area contributed by atoms with Crippen LogP contribution in [0.15, 0.2) is 22.4 Å². The van der Waals surface area contributed by atoms with Crippen molar-refractivity contribution >= 4 is 39.8 Å². The Bertz CT molecular complexity index is 637. The molecule has 2 rings (SSSR count). The van der Waals surface area contributed by atoms with E-state index in [0.29, 0.717) is 10.9 Å². The van der Waals surface area contributed by atoms with Crippen molar-refractivity contribution in [2.75, 3.05) is 16.8 Å². The molecule has 0 unspecified atom stereocenters. The highest BCUT2D eigenvalue weighted by Gasteiger charge is 2.10. The van der Waals surface area contributed by atoms with Crippen LogP contribution in [0.25, 0.3) is 0 Å². The van der Waals surface area contributed by atoms with Crippen molar-refractivity contribution in [2.24, 2.45) is 0 Å². The fraction of sp³-hybridized carbons (Fsp3) is 0.286. The van der Waals surface area contributed by atoms with E-state index in [0.717, 1.165) is 21.2 Å². The van der Waals surface area contributed by atoms with Gasteiger partial charge >= 0.3 is 0 Å². The first-order valence-corrected chi connectivity index (χ1v) is 7.99. The largest absolute Gasteiger partial charge is 0.375 e. The second-order valence-corrected chi connectivity index (χ2v) is 6.78. The quantitative estimate of drug-likeness (QED) is 0.850. The number of thiazole rings is 1. The van der Waals surface area contributed by atoms with Gasteiger partial charge in [0.2, 0.25) is 5.91 Å². The first-order valence-electron chi connectivity index (χ1n) is 6.19. The molecule has 0 aliphatic rings. The summed E-state index contributed by atoms with van der Waals surface area (Å²) in [5.74, 6) is 0.339. The van der Waals surface area contributed by atoms with Gasteiger partial charge in [-0.1, -0.05) is 23.5 Å². The van der Waals surface area contributed by atoms with Gasteiger partial charge < -0.3 is 11.1 Å². The van der Waals surface area contributed by atoms with Crippen molar-refractivity contribution in [3.63, 3.8) is 0 Å². The number of nitrogen functional groups attached to an aromatic ring is 1. The zero-order valence-electron chi connectivity index (χ0n) is 11.7. The Labute approximate surface area is 126 Å². The maximum absolute atomic E-state index is 12.0. The molecule has 0 aliphatic carbocycles. The number of anilines is 2. The number of hydrogen-bond donors (Lipinski definition) is 2. The molecule has 0 bridgehead atoms. The average Bonchev–Trinajstić information content (AvgIpc) is 2.71. The van der Waals surface area contributed by atoms with E-state index in [1.54, 1.807) is 0 Å². The summed E-state index contributed by atoms with van der Waals surface area (Å²) in [6, 6.07) is 5.89. The van der Waals surface area contributed by atoms with Crippen LogP contribution in [0, 0.1) is 20.8 Å². The molecule has 20 heavy (non-hydrogen) atoms. The summed E-state index contributed by atoms with van der Waals surface area (Å²) in [5, 5.41) is 3.48. The number of benzene rings is 1. The van der Waals surface area contributed by atoms with E-state index >= 15 is 0 Å². The lowest BCUT2D eigenvalue weighted by Gasteiger charge is -2.09. The van der Waals surface area contributed by atoms with E-state index in [-0.39, 0.29) is 5.91 Å². The van der Waals surface area contributed by atoms with Crippen molar-refractivity contribution in [1.29, 1.82) is 0 Å². The number of rotatable bonds is 4. The third kappa shape index (κ3) is 3.52. The average molecular weight is 307 g/mol. The van der Waals surface area contributed by atoms with Gasteiger partial charge in [0.25, 0.3) is 0 Å². The standard InChI is InChI=1S/C14H17N3OS2/c1-8-5-4-6-11(9(8)2)17-12(18)7-19-13-10(3)16-14(15)20-13/h4-6H,7H2,1-3H3,(H2,15,16)(H,17,18). The fourth-order valence-corrected chi connectivity index (χ4v) is 3.56. The smallest absolute Gasteiger partial charge is 0.234 e. The molecule has 0 fully saturated rings. The number of aromatic nitrogens is 1. The van der Waals surface area contributed by atoms with Crippen LogP contribution in [0.5, 0.6) is 0 Å². The van der Waals surface area contributed by atoms with Crippen LogP contribution in [-0.4, -0.2) is 16.6 Å². The van der Waals surface area contributed by atoms with Gasteiger partial charge in [0, 0.05) is 5.69 Å². The van der Waals surface area contributed by atoms with Crippen molar-refractivity contribution in [2.45, 2.75) is 25.0 Å². The number of aryl methyl sites for hydroxylation is 2. The van der Waals surface area contributed by atoms with E-state index in [1.165, 1.54) is 28.7 Å². The normalized spacial score (nSPS) is 10.6. The van der Waals surface area contributed by atoms with Crippen LogP contribution in [0.1, 0.15) is 16.8 Å². The van der Waals surface area contributed by atoms with Crippen LogP contribution >= 0.6 is 23.1 Å². The van der Waals surface area contributed by atoms with Gasteiger partial charge in [0.1, 0.15) is 0 Å². The third-order valence-corrected chi connectivity index (χ3v) is 5.33. The molecule has 1 heterocycles. The number of carbonyl (C=O) groups excluding carboxylic acids is 1. The lowest BCUT2D eigenvalue weighted by Crippen LogP contribution is -2.15. The second kappa shape index (κ2) is 6.28. The highest BCUT2D eigenvalue weighted by atomic mass is 32.2. The number of nitrogens with zero attached hydrogens (tertiary/aromatic N) is 1. The Hall–Kier alpha value is -1.53. The van der Waals surface area contributed by atoms with Crippen molar-refractivity contribution < 1.29 is 4.79 Å². The van der Waals surface area contributed by atoms with Crippen LogP contribution in [0.2, 0.25) is 0 Å². The minimum absolute atomic E-state index is 0.0185. The molecule has 6 heteroatoms. The number of amides is 1. The molecule has 4 nitrogen and oxygen atoms in total. The lowest BCUT2D eigenvalue weighted by molar-refractivity contribution is -0.113. The number of hydrogen-bond acceptors (Lipinski definition) is 5. The van der Waals surface area contributed by atoms with Crippen molar-refractivity contribution in [3.8, 4) is 0 Å². The molecular weight excluding hydrogens is 290 g/mol. The summed E-state index contributed by atoms with van der Waals surface area (Å²) in [6.45, 7) is 5.94. The Morgan fingerprint density at radius 3 is 2.80 bits per heavy atom. The van der Waals surface area contributed by atoms with E-state index in [2.05, 4.69) is 10.3 Å². The number of nitrogens with two attached hydrogens (primary N) is 1. The second-order valence-electron chi connectivity index (χ2n) is 4.51.